The van der Waals surface area contributed by atoms with Crippen LogP contribution in [0.15, 0.2) is 97.2 Å². The second-order valence-corrected chi connectivity index (χ2v) is 13.9. The molecule has 5 rings (SSSR count). The third-order valence-corrected chi connectivity index (χ3v) is 8.74. The normalized spacial score (nSPS) is 20.1. The van der Waals surface area contributed by atoms with E-state index in [1.54, 1.807) is 0 Å². The van der Waals surface area contributed by atoms with Crippen LogP contribution in [0, 0.1) is 5.92 Å². The summed E-state index contributed by atoms with van der Waals surface area (Å²) in [5.41, 5.74) is 6.66. The lowest BCUT2D eigenvalue weighted by atomic mass is 9.90. The molecule has 10 heteroatoms. The second kappa shape index (κ2) is 15.7. The summed E-state index contributed by atoms with van der Waals surface area (Å²) in [6.07, 6.45) is 1.75. The molecule has 1 aromatic heterocycles. The molecule has 7 nitrogen and oxygen atoms in total. The largest absolute Gasteiger partial charge is 0.392 e. The number of pyridine rings is 1. The molecule has 0 radical (unpaired) electrons. The molecule has 1 fully saturated rings. The van der Waals surface area contributed by atoms with Crippen LogP contribution in [-0.4, -0.2) is 50.9 Å². The van der Waals surface area contributed by atoms with Gasteiger partial charge < -0.3 is 24.8 Å². The van der Waals surface area contributed by atoms with Crippen molar-refractivity contribution in [3.05, 3.63) is 125 Å². The van der Waals surface area contributed by atoms with Crippen molar-refractivity contribution in [3.63, 3.8) is 0 Å². The molecule has 0 aliphatic carbocycles. The highest BCUT2D eigenvalue weighted by Crippen LogP contribution is 2.42. The van der Waals surface area contributed by atoms with Crippen molar-refractivity contribution in [3.8, 4) is 11.1 Å². The fourth-order valence-corrected chi connectivity index (χ4v) is 5.79. The monoisotopic (exact) mass is 681 g/mol. The van der Waals surface area contributed by atoms with Crippen LogP contribution in [0.3, 0.4) is 0 Å². The number of aliphatic hydroxyl groups excluding tert-OH is 1. The first kappa shape index (κ1) is 34.3. The molecule has 1 amide bonds. The number of aliphatic hydroxyl groups is 1. The molecular formula is C36H38Cl3N3O4. The van der Waals surface area contributed by atoms with E-state index in [1.165, 1.54) is 0 Å². The van der Waals surface area contributed by atoms with E-state index in [9.17, 15) is 9.90 Å². The number of carbonyl (C=O) groups excluding carboxylic acids is 1. The molecule has 4 aromatic rings. The maximum atomic E-state index is 12.0. The number of carbonyl (C=O) groups is 1. The fourth-order valence-electron chi connectivity index (χ4n) is 5.59. The van der Waals surface area contributed by atoms with Gasteiger partial charge >= 0.3 is 0 Å². The number of ether oxygens (including phenoxy) is 2. The third kappa shape index (κ3) is 9.07. The van der Waals surface area contributed by atoms with Gasteiger partial charge in [-0.05, 0) is 59.1 Å². The molecule has 1 aliphatic heterocycles. The van der Waals surface area contributed by atoms with Crippen LogP contribution in [0.2, 0.25) is 0 Å². The van der Waals surface area contributed by atoms with E-state index in [0.29, 0.717) is 0 Å². The standard InChI is InChI=1S/C36H38Cl3N3O4/c1-24-32(22-42(2)18-16-31-11-3-4-17-40-31)45-34(46-33(24)27-14-12-25(23-43)13-15-27)30-10-6-9-29(20-30)28-8-5-7-26(19-28)21-41-35(44)36(37,38)39/h3-15,17,19-20,24,32-34,43H,16,18,21-23H2,1-2H3,(H,41,44)/t24-,32+,33+,34+/m0/s1. The molecular weight excluding hydrogens is 645 g/mol. The number of hydrogen-bond acceptors (Lipinski definition) is 6. The van der Waals surface area contributed by atoms with Gasteiger partial charge in [-0.2, -0.15) is 0 Å². The number of nitrogens with one attached hydrogen (secondary N) is 1. The summed E-state index contributed by atoms with van der Waals surface area (Å²) in [6.45, 7) is 3.95. The highest BCUT2D eigenvalue weighted by Gasteiger charge is 2.39. The number of aromatic nitrogens is 1. The van der Waals surface area contributed by atoms with Crippen LogP contribution in [-0.2, 0) is 33.8 Å². The number of alkyl halides is 3. The summed E-state index contributed by atoms with van der Waals surface area (Å²) in [6, 6.07) is 29.9. The number of rotatable bonds is 11. The lowest BCUT2D eigenvalue weighted by molar-refractivity contribution is -0.275. The summed E-state index contributed by atoms with van der Waals surface area (Å²) < 4.78 is 11.4. The van der Waals surface area contributed by atoms with Crippen molar-refractivity contribution >= 4 is 40.7 Å². The van der Waals surface area contributed by atoms with E-state index in [4.69, 9.17) is 44.3 Å². The molecule has 46 heavy (non-hydrogen) atoms. The highest BCUT2D eigenvalue weighted by atomic mass is 35.6. The summed E-state index contributed by atoms with van der Waals surface area (Å²) >= 11 is 17.1. The van der Waals surface area contributed by atoms with E-state index in [-0.39, 0.29) is 31.3 Å². The molecule has 1 saturated heterocycles. The Morgan fingerprint density at radius 1 is 0.913 bits per heavy atom. The number of likely N-dealkylation sites (N-methyl/N-ethyl adjacent to an activating group) is 1. The Labute approximate surface area is 285 Å². The Bertz CT molecular complexity index is 1580. The van der Waals surface area contributed by atoms with Gasteiger partial charge in [-0.15, -0.1) is 0 Å². The molecule has 242 valence electrons. The van der Waals surface area contributed by atoms with Crippen LogP contribution >= 0.6 is 34.8 Å². The number of benzene rings is 3. The Kier molecular flexibility index (Phi) is 11.7. The van der Waals surface area contributed by atoms with Crippen LogP contribution in [0.4, 0.5) is 0 Å². The summed E-state index contributed by atoms with van der Waals surface area (Å²) in [5, 5.41) is 12.2. The molecule has 2 N–H and O–H groups in total. The number of nitrogens with zero attached hydrogens (tertiary/aromatic N) is 2. The van der Waals surface area contributed by atoms with Crippen molar-refractivity contribution < 1.29 is 19.4 Å². The SMILES string of the molecule is C[C@H]1[C@@H](CN(C)CCc2ccccn2)O[C@@H](c2cccc(-c3cccc(CNC(=O)C(Cl)(Cl)Cl)c3)c2)O[C@H]1c1ccc(CO)cc1. The van der Waals surface area contributed by atoms with E-state index in [1.807, 2.05) is 91.1 Å². The van der Waals surface area contributed by atoms with Crippen molar-refractivity contribution in [2.24, 2.45) is 5.92 Å². The molecule has 0 unspecified atom stereocenters. The lowest BCUT2D eigenvalue weighted by Crippen LogP contribution is -2.43. The molecule has 0 bridgehead atoms. The van der Waals surface area contributed by atoms with E-state index in [0.717, 1.165) is 58.6 Å². The van der Waals surface area contributed by atoms with Crippen molar-refractivity contribution in [1.82, 2.24) is 15.2 Å². The molecule has 3 aromatic carbocycles. The lowest BCUT2D eigenvalue weighted by Gasteiger charge is -2.42. The highest BCUT2D eigenvalue weighted by molar-refractivity contribution is 6.76. The minimum Gasteiger partial charge on any atom is -0.392 e. The first-order chi connectivity index (χ1) is 22.1. The Hall–Kier alpha value is -3.01. The van der Waals surface area contributed by atoms with Crippen LogP contribution in [0.25, 0.3) is 11.1 Å². The van der Waals surface area contributed by atoms with E-state index >= 15 is 0 Å². The molecule has 2 heterocycles. The predicted molar refractivity (Wildman–Crippen MR) is 182 cm³/mol. The fraction of sp³-hybridized carbons (Fsp3) is 0.333. The van der Waals surface area contributed by atoms with Gasteiger partial charge in [0.05, 0.1) is 18.8 Å². The van der Waals surface area contributed by atoms with Crippen molar-refractivity contribution in [2.75, 3.05) is 20.1 Å². The maximum absolute atomic E-state index is 12.0. The number of amides is 1. The Balaban J connectivity index is 1.36. The molecule has 4 atom stereocenters. The van der Waals surface area contributed by atoms with Crippen LogP contribution < -0.4 is 5.32 Å². The minimum atomic E-state index is -2.02. The summed E-state index contributed by atoms with van der Waals surface area (Å²) in [7, 11) is 2.11. The van der Waals surface area contributed by atoms with Crippen LogP contribution in [0.1, 0.15) is 47.3 Å². The van der Waals surface area contributed by atoms with Crippen molar-refractivity contribution in [1.29, 1.82) is 0 Å². The predicted octanol–water partition coefficient (Wildman–Crippen LogP) is 7.19. The van der Waals surface area contributed by atoms with Gasteiger partial charge in [-0.1, -0.05) is 108 Å². The summed E-state index contributed by atoms with van der Waals surface area (Å²) in [5.74, 6) is -0.612. The van der Waals surface area contributed by atoms with E-state index in [2.05, 4.69) is 35.2 Å². The quantitative estimate of drug-likeness (QED) is 0.163. The van der Waals surface area contributed by atoms with Gasteiger partial charge in [0.25, 0.3) is 9.70 Å². The number of halogens is 3. The van der Waals surface area contributed by atoms with Crippen molar-refractivity contribution in [2.45, 2.75) is 48.8 Å². The zero-order chi connectivity index (χ0) is 32.7. The minimum absolute atomic E-state index is 0.00987. The third-order valence-electron chi connectivity index (χ3n) is 8.22. The first-order valence-electron chi connectivity index (χ1n) is 15.2. The molecule has 0 saturated carbocycles. The Morgan fingerprint density at radius 3 is 2.35 bits per heavy atom. The first-order valence-corrected chi connectivity index (χ1v) is 16.4. The maximum Gasteiger partial charge on any atom is 0.272 e. The van der Waals surface area contributed by atoms with Gasteiger partial charge in [-0.3, -0.25) is 9.78 Å². The Morgan fingerprint density at radius 2 is 1.65 bits per heavy atom. The van der Waals surface area contributed by atoms with Gasteiger partial charge in [0.1, 0.15) is 0 Å². The zero-order valence-corrected chi connectivity index (χ0v) is 28.1. The average molecular weight is 683 g/mol. The zero-order valence-electron chi connectivity index (χ0n) is 25.8. The van der Waals surface area contributed by atoms with E-state index < -0.39 is 16.0 Å². The topological polar surface area (TPSA) is 83.9 Å². The van der Waals surface area contributed by atoms with Gasteiger partial charge in [0.15, 0.2) is 6.29 Å². The second-order valence-electron chi connectivity index (χ2n) is 11.7. The van der Waals surface area contributed by atoms with Gasteiger partial charge in [0.2, 0.25) is 0 Å². The average Bonchev–Trinajstić information content (AvgIpc) is 3.07. The van der Waals surface area contributed by atoms with Crippen LogP contribution in [0.5, 0.6) is 0 Å². The van der Waals surface area contributed by atoms with Gasteiger partial charge in [0, 0.05) is 49.4 Å². The number of hydrogen-bond donors (Lipinski definition) is 2. The van der Waals surface area contributed by atoms with Gasteiger partial charge in [-0.25, -0.2) is 0 Å². The smallest absolute Gasteiger partial charge is 0.272 e. The molecule has 1 aliphatic rings. The molecule has 0 spiro atoms. The summed E-state index contributed by atoms with van der Waals surface area (Å²) in [4.78, 5) is 18.8.